The zero-order valence-electron chi connectivity index (χ0n) is 12.0. The summed E-state index contributed by atoms with van der Waals surface area (Å²) in [7, 11) is 0. The lowest BCUT2D eigenvalue weighted by Gasteiger charge is -2.33. The summed E-state index contributed by atoms with van der Waals surface area (Å²) in [5.74, 6) is -1.04. The van der Waals surface area contributed by atoms with E-state index in [1.165, 1.54) is 4.90 Å². The predicted octanol–water partition coefficient (Wildman–Crippen LogP) is 2.06. The fourth-order valence-electron chi connectivity index (χ4n) is 2.55. The van der Waals surface area contributed by atoms with Gasteiger partial charge in [0.05, 0.1) is 19.6 Å². The molecule has 1 heterocycles. The van der Waals surface area contributed by atoms with E-state index in [1.54, 1.807) is 0 Å². The maximum absolute atomic E-state index is 12.1. The molecule has 1 saturated heterocycles. The van der Waals surface area contributed by atoms with Crippen LogP contribution in [-0.2, 0) is 20.9 Å². The van der Waals surface area contributed by atoms with E-state index in [2.05, 4.69) is 0 Å². The zero-order valence-corrected chi connectivity index (χ0v) is 12.0. The minimum Gasteiger partial charge on any atom is -0.480 e. The molecule has 1 unspecified atom stereocenters. The monoisotopic (exact) mass is 291 g/mol. The van der Waals surface area contributed by atoms with Crippen LogP contribution in [-0.4, -0.2) is 41.1 Å². The molecule has 2 rings (SSSR count). The molecule has 0 radical (unpaired) electrons. The van der Waals surface area contributed by atoms with E-state index in [4.69, 9.17) is 9.84 Å². The second kappa shape index (κ2) is 7.78. The molecule has 1 aliphatic heterocycles. The van der Waals surface area contributed by atoms with Crippen molar-refractivity contribution in [3.8, 4) is 0 Å². The molecule has 0 bridgehead atoms. The van der Waals surface area contributed by atoms with Crippen LogP contribution >= 0.6 is 0 Å². The number of piperidine rings is 1. The van der Waals surface area contributed by atoms with Crippen molar-refractivity contribution in [2.45, 2.75) is 38.3 Å². The summed E-state index contributed by atoms with van der Waals surface area (Å²) in [5, 5.41) is 9.15. The Kier molecular flexibility index (Phi) is 5.75. The van der Waals surface area contributed by atoms with Crippen LogP contribution < -0.4 is 0 Å². The van der Waals surface area contributed by atoms with Gasteiger partial charge in [0.2, 0.25) is 5.91 Å². The van der Waals surface area contributed by atoms with Crippen molar-refractivity contribution in [3.05, 3.63) is 35.9 Å². The van der Waals surface area contributed by atoms with Gasteiger partial charge in [-0.05, 0) is 24.8 Å². The number of amides is 1. The van der Waals surface area contributed by atoms with Gasteiger partial charge < -0.3 is 14.7 Å². The standard InChI is InChI=1S/C16H21NO4/c18-15(17-10-5-4-8-14(17)16(19)20)9-11-21-12-13-6-2-1-3-7-13/h1-3,6-7,14H,4-5,8-12H2,(H,19,20). The normalized spacial score (nSPS) is 18.5. The van der Waals surface area contributed by atoms with Crippen LogP contribution in [0.3, 0.4) is 0 Å². The first kappa shape index (κ1) is 15.5. The molecular weight excluding hydrogens is 270 g/mol. The smallest absolute Gasteiger partial charge is 0.326 e. The molecule has 5 heteroatoms. The first-order valence-electron chi connectivity index (χ1n) is 7.32. The third-order valence-corrected chi connectivity index (χ3v) is 3.68. The van der Waals surface area contributed by atoms with Gasteiger partial charge in [-0.25, -0.2) is 4.79 Å². The number of likely N-dealkylation sites (tertiary alicyclic amines) is 1. The quantitative estimate of drug-likeness (QED) is 0.815. The van der Waals surface area contributed by atoms with Gasteiger partial charge in [-0.15, -0.1) is 0 Å². The number of carbonyl (C=O) groups excluding carboxylic acids is 1. The largest absolute Gasteiger partial charge is 0.480 e. The number of carboxylic acids is 1. The van der Waals surface area contributed by atoms with Crippen molar-refractivity contribution in [2.24, 2.45) is 0 Å². The Morgan fingerprint density at radius 3 is 2.71 bits per heavy atom. The number of rotatable bonds is 6. The fraction of sp³-hybridized carbons (Fsp3) is 0.500. The van der Waals surface area contributed by atoms with Crippen molar-refractivity contribution >= 4 is 11.9 Å². The molecular formula is C16H21NO4. The van der Waals surface area contributed by atoms with Crippen molar-refractivity contribution in [2.75, 3.05) is 13.2 Å². The molecule has 1 amide bonds. The molecule has 5 nitrogen and oxygen atoms in total. The number of carbonyl (C=O) groups is 2. The van der Waals surface area contributed by atoms with E-state index in [-0.39, 0.29) is 12.3 Å². The number of hydrogen-bond acceptors (Lipinski definition) is 3. The highest BCUT2D eigenvalue weighted by Crippen LogP contribution is 2.18. The first-order valence-corrected chi connectivity index (χ1v) is 7.32. The van der Waals surface area contributed by atoms with Gasteiger partial charge in [0, 0.05) is 6.54 Å². The molecule has 1 aromatic rings. The Bertz CT molecular complexity index is 474. The van der Waals surface area contributed by atoms with E-state index in [0.717, 1.165) is 18.4 Å². The van der Waals surface area contributed by atoms with E-state index in [1.807, 2.05) is 30.3 Å². The average molecular weight is 291 g/mol. The van der Waals surface area contributed by atoms with E-state index in [0.29, 0.717) is 26.2 Å². The number of aliphatic carboxylic acids is 1. The number of ether oxygens (including phenoxy) is 1. The maximum Gasteiger partial charge on any atom is 0.326 e. The van der Waals surface area contributed by atoms with Crippen LogP contribution in [0.2, 0.25) is 0 Å². The SMILES string of the molecule is O=C(O)C1CCCCN1C(=O)CCOCc1ccccc1. The molecule has 0 spiro atoms. The lowest BCUT2D eigenvalue weighted by molar-refractivity contribution is -0.152. The Morgan fingerprint density at radius 1 is 1.24 bits per heavy atom. The van der Waals surface area contributed by atoms with Crippen LogP contribution in [0.4, 0.5) is 0 Å². The average Bonchev–Trinajstić information content (AvgIpc) is 2.52. The zero-order chi connectivity index (χ0) is 15.1. The number of nitrogens with zero attached hydrogens (tertiary/aromatic N) is 1. The third-order valence-electron chi connectivity index (χ3n) is 3.68. The lowest BCUT2D eigenvalue weighted by Crippen LogP contribution is -2.48. The Hall–Kier alpha value is -1.88. The summed E-state index contributed by atoms with van der Waals surface area (Å²) in [6.45, 7) is 1.32. The highest BCUT2D eigenvalue weighted by molar-refractivity contribution is 5.83. The summed E-state index contributed by atoms with van der Waals surface area (Å²) in [4.78, 5) is 24.7. The second-order valence-electron chi connectivity index (χ2n) is 5.23. The van der Waals surface area contributed by atoms with Crippen LogP contribution in [0.25, 0.3) is 0 Å². The molecule has 0 aromatic heterocycles. The van der Waals surface area contributed by atoms with E-state index in [9.17, 15) is 9.59 Å². The van der Waals surface area contributed by atoms with Crippen LogP contribution in [0.5, 0.6) is 0 Å². The van der Waals surface area contributed by atoms with E-state index < -0.39 is 12.0 Å². The molecule has 1 aliphatic rings. The van der Waals surface area contributed by atoms with Crippen molar-refractivity contribution in [3.63, 3.8) is 0 Å². The minimum atomic E-state index is -0.909. The number of hydrogen-bond donors (Lipinski definition) is 1. The molecule has 1 atom stereocenters. The number of benzene rings is 1. The molecule has 21 heavy (non-hydrogen) atoms. The van der Waals surface area contributed by atoms with Gasteiger partial charge in [-0.1, -0.05) is 30.3 Å². The topological polar surface area (TPSA) is 66.8 Å². The van der Waals surface area contributed by atoms with Gasteiger partial charge in [-0.3, -0.25) is 4.79 Å². The highest BCUT2D eigenvalue weighted by atomic mass is 16.5. The molecule has 0 saturated carbocycles. The summed E-state index contributed by atoms with van der Waals surface area (Å²) in [6.07, 6.45) is 2.52. The highest BCUT2D eigenvalue weighted by Gasteiger charge is 2.31. The van der Waals surface area contributed by atoms with Gasteiger partial charge in [0.1, 0.15) is 6.04 Å². The Labute approximate surface area is 124 Å². The first-order chi connectivity index (χ1) is 10.2. The minimum absolute atomic E-state index is 0.129. The predicted molar refractivity (Wildman–Crippen MR) is 77.7 cm³/mol. The summed E-state index contributed by atoms with van der Waals surface area (Å²) in [6, 6.07) is 9.08. The van der Waals surface area contributed by atoms with Crippen LogP contribution in [0, 0.1) is 0 Å². The fourth-order valence-corrected chi connectivity index (χ4v) is 2.55. The van der Waals surface area contributed by atoms with Crippen LogP contribution in [0.1, 0.15) is 31.2 Å². The molecule has 1 fully saturated rings. The van der Waals surface area contributed by atoms with Crippen molar-refractivity contribution in [1.82, 2.24) is 4.90 Å². The van der Waals surface area contributed by atoms with Gasteiger partial charge in [-0.2, -0.15) is 0 Å². The van der Waals surface area contributed by atoms with E-state index >= 15 is 0 Å². The lowest BCUT2D eigenvalue weighted by atomic mass is 10.0. The third kappa shape index (κ3) is 4.56. The molecule has 1 N–H and O–H groups in total. The van der Waals surface area contributed by atoms with Crippen molar-refractivity contribution in [1.29, 1.82) is 0 Å². The Morgan fingerprint density at radius 2 is 2.00 bits per heavy atom. The second-order valence-corrected chi connectivity index (χ2v) is 5.23. The maximum atomic E-state index is 12.1. The van der Waals surface area contributed by atoms with Crippen LogP contribution in [0.15, 0.2) is 30.3 Å². The number of carboxylic acid groups (broad SMARTS) is 1. The summed E-state index contributed by atoms with van der Waals surface area (Å²) >= 11 is 0. The molecule has 114 valence electrons. The van der Waals surface area contributed by atoms with Crippen molar-refractivity contribution < 1.29 is 19.4 Å². The Balaban J connectivity index is 1.74. The van der Waals surface area contributed by atoms with Gasteiger partial charge in [0.15, 0.2) is 0 Å². The summed E-state index contributed by atoms with van der Waals surface area (Å²) in [5.41, 5.74) is 1.06. The summed E-state index contributed by atoms with van der Waals surface area (Å²) < 4.78 is 5.48. The van der Waals surface area contributed by atoms with Gasteiger partial charge in [0.25, 0.3) is 0 Å². The molecule has 1 aromatic carbocycles. The molecule has 0 aliphatic carbocycles. The van der Waals surface area contributed by atoms with Gasteiger partial charge >= 0.3 is 5.97 Å².